The molecule has 0 spiro atoms. The topological polar surface area (TPSA) is 185 Å². The highest BCUT2D eigenvalue weighted by Gasteiger charge is 2.70. The summed E-state index contributed by atoms with van der Waals surface area (Å²) in [5.74, 6) is -2.90. The fraction of sp³-hybridized carbons (Fsp3) is 0.833. The summed E-state index contributed by atoms with van der Waals surface area (Å²) < 4.78 is 24.5. The molecule has 1 heterocycles. The number of urea groups is 1. The maximum absolute atomic E-state index is 14.2. The van der Waals surface area contributed by atoms with Gasteiger partial charge in [-0.15, -0.1) is 0 Å². The maximum Gasteiger partial charge on any atom is 0.315 e. The van der Waals surface area contributed by atoms with Crippen molar-refractivity contribution in [2.75, 3.05) is 18.6 Å². The third-order valence-electron chi connectivity index (χ3n) is 10.0. The van der Waals surface area contributed by atoms with Gasteiger partial charge in [0.1, 0.15) is 21.9 Å². The molecule has 1 aliphatic heterocycles. The SMILES string of the molecule is CC1(C)C2CN(C(=O)[C@@H](NC(=O)NC3(CS(C)(=O)=O)CCCCC3)C(C)(C)C)[C@H](C(=O)NC(CC3CC3)C(=O)C(N)=O)C21. The Kier molecular flexibility index (Phi) is 9.01. The summed E-state index contributed by atoms with van der Waals surface area (Å²) in [5.41, 5.74) is 3.43. The van der Waals surface area contributed by atoms with Crippen molar-refractivity contribution in [1.29, 1.82) is 0 Å². The van der Waals surface area contributed by atoms with E-state index in [1.807, 2.05) is 34.6 Å². The summed E-state index contributed by atoms with van der Waals surface area (Å²) in [7, 11) is -3.38. The fourth-order valence-electron chi connectivity index (χ4n) is 7.42. The first-order chi connectivity index (χ1) is 19.8. The standard InChI is InChI=1S/C30H49N5O7S/c1-28(2,3)23(33-27(40)34-30(16-43(6,41)42)12-8-7-9-13-30)26(39)35-15-18-20(29(18,4)5)21(35)25(38)32-19(14-17-10-11-17)22(36)24(31)37/h17-21,23H,7-16H2,1-6H3,(H2,31,37)(H,32,38)(H2,33,34,40)/t18?,19?,20?,21-,23+/m0/s1. The number of carbonyl (C=O) groups is 5. The molecule has 4 rings (SSSR count). The van der Waals surface area contributed by atoms with Crippen LogP contribution in [0.2, 0.25) is 0 Å². The van der Waals surface area contributed by atoms with Crippen LogP contribution in [0.3, 0.4) is 0 Å². The molecule has 13 heteroatoms. The average Bonchev–Trinajstić information content (AvgIpc) is 3.72. The Hall–Kier alpha value is -2.70. The number of primary amides is 1. The van der Waals surface area contributed by atoms with Crippen molar-refractivity contribution < 1.29 is 32.4 Å². The lowest BCUT2D eigenvalue weighted by molar-refractivity contribution is -0.145. The van der Waals surface area contributed by atoms with E-state index in [2.05, 4.69) is 16.0 Å². The summed E-state index contributed by atoms with van der Waals surface area (Å²) in [6.45, 7) is 9.85. The first-order valence-electron chi connectivity index (χ1n) is 15.5. The van der Waals surface area contributed by atoms with Crippen LogP contribution in [0.4, 0.5) is 4.79 Å². The molecule has 1 saturated heterocycles. The highest BCUT2D eigenvalue weighted by Crippen LogP contribution is 2.65. The van der Waals surface area contributed by atoms with Crippen LogP contribution in [0.15, 0.2) is 0 Å². The van der Waals surface area contributed by atoms with Gasteiger partial charge in [0.05, 0.1) is 17.3 Å². The minimum Gasteiger partial charge on any atom is -0.363 e. The Balaban J connectivity index is 1.54. The van der Waals surface area contributed by atoms with Crippen LogP contribution in [-0.2, 0) is 29.0 Å². The van der Waals surface area contributed by atoms with Crippen LogP contribution in [0.1, 0.15) is 86.0 Å². The van der Waals surface area contributed by atoms with Gasteiger partial charge in [-0.3, -0.25) is 19.2 Å². The number of likely N-dealkylation sites (tertiary alicyclic amines) is 1. The fourth-order valence-corrected chi connectivity index (χ4v) is 8.78. The number of fused-ring (bicyclic) bond motifs is 1. The van der Waals surface area contributed by atoms with Crippen LogP contribution < -0.4 is 21.7 Å². The van der Waals surface area contributed by atoms with E-state index in [0.717, 1.165) is 38.4 Å². The van der Waals surface area contributed by atoms with E-state index in [4.69, 9.17) is 5.73 Å². The molecule has 0 aromatic heterocycles. The number of carbonyl (C=O) groups excluding carboxylic acids is 5. The van der Waals surface area contributed by atoms with Crippen molar-refractivity contribution in [2.24, 2.45) is 34.3 Å². The monoisotopic (exact) mass is 623 g/mol. The number of ketones is 1. The zero-order chi connectivity index (χ0) is 32.1. The lowest BCUT2D eigenvalue weighted by Gasteiger charge is -2.40. The second-order valence-corrected chi connectivity index (χ2v) is 17.3. The Morgan fingerprint density at radius 1 is 1.00 bits per heavy atom. The predicted molar refractivity (Wildman–Crippen MR) is 160 cm³/mol. The number of rotatable bonds is 11. The lowest BCUT2D eigenvalue weighted by Crippen LogP contribution is -2.63. The van der Waals surface area contributed by atoms with E-state index in [1.54, 1.807) is 0 Å². The number of sulfone groups is 1. The number of hydrogen-bond acceptors (Lipinski definition) is 7. The summed E-state index contributed by atoms with van der Waals surface area (Å²) in [4.78, 5) is 67.2. The van der Waals surface area contributed by atoms with Gasteiger partial charge in [0.25, 0.3) is 5.91 Å². The van der Waals surface area contributed by atoms with E-state index < -0.39 is 68.5 Å². The van der Waals surface area contributed by atoms with E-state index in [9.17, 15) is 32.4 Å². The second-order valence-electron chi connectivity index (χ2n) is 15.2. The van der Waals surface area contributed by atoms with Crippen LogP contribution in [0, 0.1) is 28.6 Å². The molecule has 4 aliphatic rings. The van der Waals surface area contributed by atoms with Gasteiger partial charge < -0.3 is 26.6 Å². The third-order valence-corrected chi connectivity index (χ3v) is 11.1. The Morgan fingerprint density at radius 2 is 1.60 bits per heavy atom. The number of piperidine rings is 1. The van der Waals surface area contributed by atoms with Crippen LogP contribution in [0.5, 0.6) is 0 Å². The van der Waals surface area contributed by atoms with Gasteiger partial charge in [0.2, 0.25) is 17.6 Å². The van der Waals surface area contributed by atoms with Crippen molar-refractivity contribution in [2.45, 2.75) is 110 Å². The Labute approximate surface area is 254 Å². The molecule has 0 radical (unpaired) electrons. The van der Waals surface area contributed by atoms with E-state index in [1.165, 1.54) is 4.90 Å². The Bertz CT molecular complexity index is 1260. The smallest absolute Gasteiger partial charge is 0.315 e. The molecule has 5 atom stereocenters. The molecule has 0 aromatic carbocycles. The predicted octanol–water partition coefficient (Wildman–Crippen LogP) is 1.27. The normalized spacial score (nSPS) is 27.3. The first-order valence-corrected chi connectivity index (χ1v) is 17.5. The van der Waals surface area contributed by atoms with Crippen molar-refractivity contribution in [3.05, 3.63) is 0 Å². The molecule has 242 valence electrons. The van der Waals surface area contributed by atoms with Crippen LogP contribution in [-0.4, -0.2) is 85.1 Å². The largest absolute Gasteiger partial charge is 0.363 e. The molecule has 12 nitrogen and oxygen atoms in total. The minimum atomic E-state index is -3.38. The molecular formula is C30H49N5O7S. The highest BCUT2D eigenvalue weighted by atomic mass is 32.2. The summed E-state index contributed by atoms with van der Waals surface area (Å²) in [6.07, 6.45) is 6.91. The van der Waals surface area contributed by atoms with Gasteiger partial charge in [-0.05, 0) is 47.8 Å². The van der Waals surface area contributed by atoms with Gasteiger partial charge in [0.15, 0.2) is 0 Å². The molecule has 0 bridgehead atoms. The number of nitrogens with zero attached hydrogens (tertiary/aromatic N) is 1. The summed E-state index contributed by atoms with van der Waals surface area (Å²) >= 11 is 0. The number of nitrogens with one attached hydrogen (secondary N) is 3. The van der Waals surface area contributed by atoms with Crippen molar-refractivity contribution in [1.82, 2.24) is 20.9 Å². The van der Waals surface area contributed by atoms with Gasteiger partial charge in [-0.1, -0.05) is 66.7 Å². The molecular weight excluding hydrogens is 574 g/mol. The molecule has 5 amide bonds. The molecule has 3 aliphatic carbocycles. The number of hydrogen-bond donors (Lipinski definition) is 4. The lowest BCUT2D eigenvalue weighted by atomic mass is 9.83. The van der Waals surface area contributed by atoms with Crippen molar-refractivity contribution in [3.63, 3.8) is 0 Å². The Morgan fingerprint density at radius 3 is 2.12 bits per heavy atom. The molecule has 5 N–H and O–H groups in total. The average molecular weight is 624 g/mol. The van der Waals surface area contributed by atoms with Crippen molar-refractivity contribution in [3.8, 4) is 0 Å². The third kappa shape index (κ3) is 7.51. The molecule has 43 heavy (non-hydrogen) atoms. The van der Waals surface area contributed by atoms with E-state index in [0.29, 0.717) is 25.8 Å². The second kappa shape index (κ2) is 11.7. The molecule has 4 fully saturated rings. The van der Waals surface area contributed by atoms with E-state index >= 15 is 0 Å². The van der Waals surface area contributed by atoms with Gasteiger partial charge in [-0.25, -0.2) is 13.2 Å². The zero-order valence-electron chi connectivity index (χ0n) is 26.3. The van der Waals surface area contributed by atoms with Crippen LogP contribution >= 0.6 is 0 Å². The molecule has 3 unspecified atom stereocenters. The van der Waals surface area contributed by atoms with E-state index in [-0.39, 0.29) is 28.9 Å². The number of amides is 5. The summed E-state index contributed by atoms with van der Waals surface area (Å²) in [5, 5.41) is 8.49. The first kappa shape index (κ1) is 33.2. The van der Waals surface area contributed by atoms with Crippen LogP contribution in [0.25, 0.3) is 0 Å². The summed E-state index contributed by atoms with van der Waals surface area (Å²) in [6, 6.07) is -3.56. The highest BCUT2D eigenvalue weighted by molar-refractivity contribution is 7.90. The van der Waals surface area contributed by atoms with Crippen molar-refractivity contribution >= 4 is 39.4 Å². The maximum atomic E-state index is 14.2. The zero-order valence-corrected chi connectivity index (χ0v) is 27.1. The minimum absolute atomic E-state index is 0.0654. The van der Waals surface area contributed by atoms with Gasteiger partial charge in [0, 0.05) is 12.8 Å². The number of Topliss-reactive ketones (excluding diaryl/α,β-unsaturated/α-hetero) is 1. The molecule has 0 aromatic rings. The van der Waals surface area contributed by atoms with Gasteiger partial charge >= 0.3 is 6.03 Å². The number of nitrogens with two attached hydrogens (primary N) is 1. The van der Waals surface area contributed by atoms with Gasteiger partial charge in [-0.2, -0.15) is 0 Å². The molecule has 3 saturated carbocycles. The quantitative estimate of drug-likeness (QED) is 0.250.